The minimum Gasteiger partial charge on any atom is -0.462 e. The fourth-order valence-corrected chi connectivity index (χ4v) is 5.06. The first-order valence-corrected chi connectivity index (χ1v) is 15.9. The third-order valence-corrected chi connectivity index (χ3v) is 7.31. The number of ether oxygens (including phenoxy) is 3. The summed E-state index contributed by atoms with van der Waals surface area (Å²) in [4.78, 5) is 76.9. The highest BCUT2D eigenvalue weighted by molar-refractivity contribution is 5.93. The molecular formula is C33H47N5O9. The minimum atomic E-state index is -1.33. The van der Waals surface area contributed by atoms with Crippen LogP contribution in [0.1, 0.15) is 65.9 Å². The van der Waals surface area contributed by atoms with Crippen LogP contribution in [0.15, 0.2) is 42.0 Å². The average molecular weight is 658 g/mol. The van der Waals surface area contributed by atoms with Crippen molar-refractivity contribution in [3.8, 4) is 0 Å². The van der Waals surface area contributed by atoms with Crippen LogP contribution in [0.2, 0.25) is 0 Å². The Balaban J connectivity index is 1.75. The highest BCUT2D eigenvalue weighted by atomic mass is 16.6. The second kappa shape index (κ2) is 17.3. The van der Waals surface area contributed by atoms with Crippen molar-refractivity contribution in [3.63, 3.8) is 0 Å². The fourth-order valence-electron chi connectivity index (χ4n) is 5.06. The van der Waals surface area contributed by atoms with E-state index in [0.29, 0.717) is 25.0 Å². The third-order valence-electron chi connectivity index (χ3n) is 7.31. The summed E-state index contributed by atoms with van der Waals surface area (Å²) in [5.41, 5.74) is 0.337. The van der Waals surface area contributed by atoms with Crippen LogP contribution in [0.5, 0.6) is 0 Å². The number of carbonyl (C=O) groups is 6. The summed E-state index contributed by atoms with van der Waals surface area (Å²) >= 11 is 0. The highest BCUT2D eigenvalue weighted by Gasteiger charge is 2.33. The number of hydrogen-bond acceptors (Lipinski definition) is 9. The molecule has 258 valence electrons. The van der Waals surface area contributed by atoms with Crippen molar-refractivity contribution >= 4 is 35.9 Å². The van der Waals surface area contributed by atoms with Crippen molar-refractivity contribution in [2.75, 3.05) is 19.7 Å². The molecule has 0 radical (unpaired) electrons. The van der Waals surface area contributed by atoms with Gasteiger partial charge in [-0.05, 0) is 51.5 Å². The van der Waals surface area contributed by atoms with Gasteiger partial charge in [-0.3, -0.25) is 14.4 Å². The molecule has 0 aliphatic carbocycles. The second-order valence-corrected chi connectivity index (χ2v) is 13.0. The number of nitrogens with one attached hydrogen (secondary N) is 5. The van der Waals surface area contributed by atoms with Gasteiger partial charge in [0.25, 0.3) is 0 Å². The maximum Gasteiger partial charge on any atom is 0.408 e. The van der Waals surface area contributed by atoms with E-state index in [1.54, 1.807) is 51.1 Å². The van der Waals surface area contributed by atoms with Crippen LogP contribution >= 0.6 is 0 Å². The summed E-state index contributed by atoms with van der Waals surface area (Å²) in [6.07, 6.45) is 1.37. The lowest BCUT2D eigenvalue weighted by Crippen LogP contribution is -2.58. The van der Waals surface area contributed by atoms with E-state index in [9.17, 15) is 28.8 Å². The summed E-state index contributed by atoms with van der Waals surface area (Å²) < 4.78 is 15.6. The summed E-state index contributed by atoms with van der Waals surface area (Å²) in [6.45, 7) is 9.16. The smallest absolute Gasteiger partial charge is 0.408 e. The molecule has 0 unspecified atom stereocenters. The third kappa shape index (κ3) is 13.0. The molecule has 2 heterocycles. The Morgan fingerprint density at radius 3 is 2.30 bits per heavy atom. The Bertz CT molecular complexity index is 1310. The van der Waals surface area contributed by atoms with Crippen LogP contribution in [0.4, 0.5) is 9.59 Å². The Morgan fingerprint density at radius 2 is 1.70 bits per heavy atom. The Labute approximate surface area is 275 Å². The Kier molecular flexibility index (Phi) is 13.6. The molecule has 14 nitrogen and oxygen atoms in total. The van der Waals surface area contributed by atoms with Crippen LogP contribution < -0.4 is 26.6 Å². The lowest BCUT2D eigenvalue weighted by Gasteiger charge is -2.27. The fraction of sp³-hybridized carbons (Fsp3) is 0.576. The first-order valence-electron chi connectivity index (χ1n) is 15.9. The molecule has 1 aromatic carbocycles. The molecule has 0 aromatic heterocycles. The van der Waals surface area contributed by atoms with E-state index in [4.69, 9.17) is 14.2 Å². The molecule has 5 N–H and O–H groups in total. The zero-order valence-corrected chi connectivity index (χ0v) is 27.7. The van der Waals surface area contributed by atoms with E-state index in [2.05, 4.69) is 26.6 Å². The minimum absolute atomic E-state index is 0.0320. The number of carbonyl (C=O) groups excluding carboxylic acids is 6. The average Bonchev–Trinajstić information content (AvgIpc) is 3.59. The molecular weight excluding hydrogens is 610 g/mol. The standard InChI is InChI=1S/C33H47N5O9/c1-20(2)15-25(28(40)36-24(16-22-11-13-34-27(22)39)17-23-12-14-45-30(23)42)37-29(41)26(18-35-31(43)47-33(3,4)5)38-32(44)46-19-21-9-7-6-8-10-21/h6-10,17,20,22,24-26H,11-16,18-19H2,1-5H3,(H,34,39)(H,35,43)(H,36,40)(H,37,41)(H,38,44)/t22-,24-,25-,26-/m0/s1. The van der Waals surface area contributed by atoms with Gasteiger partial charge in [0.1, 0.15) is 24.3 Å². The number of rotatable bonds is 14. The van der Waals surface area contributed by atoms with Gasteiger partial charge in [0.15, 0.2) is 0 Å². The van der Waals surface area contributed by atoms with Gasteiger partial charge in [-0.25, -0.2) is 14.4 Å². The quantitative estimate of drug-likeness (QED) is 0.113. The number of amides is 5. The number of benzene rings is 1. The first kappa shape index (κ1) is 36.8. The molecule has 1 aromatic rings. The number of cyclic esters (lactones) is 1. The summed E-state index contributed by atoms with van der Waals surface area (Å²) in [7, 11) is 0. The molecule has 5 amide bonds. The molecule has 0 bridgehead atoms. The Hall–Kier alpha value is -4.62. The van der Waals surface area contributed by atoms with Crippen molar-refractivity contribution in [3.05, 3.63) is 47.5 Å². The predicted octanol–water partition coefficient (Wildman–Crippen LogP) is 2.22. The van der Waals surface area contributed by atoms with E-state index in [1.165, 1.54) is 0 Å². The van der Waals surface area contributed by atoms with Crippen molar-refractivity contribution in [1.82, 2.24) is 26.6 Å². The van der Waals surface area contributed by atoms with Gasteiger partial charge in [0.2, 0.25) is 17.7 Å². The summed E-state index contributed by atoms with van der Waals surface area (Å²) in [5, 5.41) is 13.3. The molecule has 47 heavy (non-hydrogen) atoms. The number of hydrogen-bond donors (Lipinski definition) is 5. The van der Waals surface area contributed by atoms with Crippen LogP contribution in [-0.2, 0) is 40.0 Å². The number of esters is 1. The van der Waals surface area contributed by atoms with Crippen molar-refractivity contribution in [2.45, 2.75) is 90.6 Å². The lowest BCUT2D eigenvalue weighted by molar-refractivity contribution is -0.135. The van der Waals surface area contributed by atoms with E-state index < -0.39 is 53.7 Å². The molecule has 2 saturated heterocycles. The topological polar surface area (TPSA) is 190 Å². The molecule has 2 aliphatic heterocycles. The van der Waals surface area contributed by atoms with Gasteiger partial charge in [-0.2, -0.15) is 0 Å². The second-order valence-electron chi connectivity index (χ2n) is 13.0. The van der Waals surface area contributed by atoms with Gasteiger partial charge in [0.05, 0.1) is 13.2 Å². The zero-order valence-electron chi connectivity index (χ0n) is 27.7. The molecule has 4 atom stereocenters. The maximum absolute atomic E-state index is 13.7. The van der Waals surface area contributed by atoms with E-state index in [1.807, 2.05) is 19.9 Å². The molecule has 14 heteroatoms. The largest absolute Gasteiger partial charge is 0.462 e. The van der Waals surface area contributed by atoms with Gasteiger partial charge in [-0.1, -0.05) is 50.3 Å². The first-order chi connectivity index (χ1) is 22.2. The monoisotopic (exact) mass is 657 g/mol. The van der Waals surface area contributed by atoms with Crippen LogP contribution in [0.3, 0.4) is 0 Å². The van der Waals surface area contributed by atoms with Crippen LogP contribution in [0, 0.1) is 11.8 Å². The summed E-state index contributed by atoms with van der Waals surface area (Å²) in [5.74, 6) is -2.28. The normalized spacial score (nSPS) is 18.9. The molecule has 2 aliphatic rings. The van der Waals surface area contributed by atoms with Crippen LogP contribution in [0.25, 0.3) is 0 Å². The SMILES string of the molecule is CC(C)C[C@H](NC(=O)[C@H](CNC(=O)OC(C)(C)C)NC(=O)OCc1ccccc1)C(=O)N[C@H](C=C1CCOC1=O)C[C@@H]1CCNC1=O. The van der Waals surface area contributed by atoms with E-state index in [0.717, 1.165) is 5.56 Å². The maximum atomic E-state index is 13.7. The summed E-state index contributed by atoms with van der Waals surface area (Å²) in [6, 6.07) is 5.89. The molecule has 0 spiro atoms. The molecule has 3 rings (SSSR count). The van der Waals surface area contributed by atoms with Crippen LogP contribution in [-0.4, -0.2) is 79.3 Å². The lowest BCUT2D eigenvalue weighted by atomic mass is 9.95. The predicted molar refractivity (Wildman–Crippen MR) is 170 cm³/mol. The van der Waals surface area contributed by atoms with Gasteiger partial charge in [-0.15, -0.1) is 0 Å². The van der Waals surface area contributed by atoms with Gasteiger partial charge in [0, 0.05) is 30.5 Å². The zero-order chi connectivity index (χ0) is 34.6. The van der Waals surface area contributed by atoms with E-state index >= 15 is 0 Å². The van der Waals surface area contributed by atoms with Gasteiger partial charge < -0.3 is 40.8 Å². The molecule has 2 fully saturated rings. The van der Waals surface area contributed by atoms with Crippen molar-refractivity contribution < 1.29 is 43.0 Å². The van der Waals surface area contributed by atoms with Crippen molar-refractivity contribution in [2.24, 2.45) is 11.8 Å². The number of alkyl carbamates (subject to hydrolysis) is 2. The highest BCUT2D eigenvalue weighted by Crippen LogP contribution is 2.21. The van der Waals surface area contributed by atoms with Gasteiger partial charge >= 0.3 is 18.2 Å². The van der Waals surface area contributed by atoms with E-state index in [-0.39, 0.29) is 50.3 Å². The Morgan fingerprint density at radius 1 is 1.00 bits per heavy atom. The van der Waals surface area contributed by atoms with Crippen molar-refractivity contribution in [1.29, 1.82) is 0 Å². The molecule has 0 saturated carbocycles.